The number of esters is 2. The molecule has 26 heavy (non-hydrogen) atoms. The first-order chi connectivity index (χ1) is 11.7. The quantitative estimate of drug-likeness (QED) is 0.501. The van der Waals surface area contributed by atoms with Crippen molar-refractivity contribution in [2.75, 3.05) is 6.61 Å². The van der Waals surface area contributed by atoms with E-state index < -0.39 is 59.3 Å². The van der Waals surface area contributed by atoms with Crippen LogP contribution in [0, 0.1) is 0 Å². The van der Waals surface area contributed by atoms with Gasteiger partial charge >= 0.3 is 11.9 Å². The zero-order chi connectivity index (χ0) is 20.3. The first-order valence-electron chi connectivity index (χ1n) is 8.69. The van der Waals surface area contributed by atoms with Crippen molar-refractivity contribution in [1.82, 2.24) is 0 Å². The number of aliphatic hydroxyl groups excluding tert-OH is 1. The van der Waals surface area contributed by atoms with Crippen LogP contribution in [0.1, 0.15) is 13.8 Å². The second-order valence-corrected chi connectivity index (χ2v) is 17.3. The fourth-order valence-corrected chi connectivity index (χ4v) is 4.81. The lowest BCUT2D eigenvalue weighted by atomic mass is 9.99. The van der Waals surface area contributed by atoms with Crippen molar-refractivity contribution in [2.45, 2.75) is 83.8 Å². The van der Waals surface area contributed by atoms with Crippen molar-refractivity contribution in [3.05, 3.63) is 0 Å². The van der Waals surface area contributed by atoms with E-state index in [9.17, 15) is 14.7 Å². The zero-order valence-electron chi connectivity index (χ0n) is 16.9. The van der Waals surface area contributed by atoms with Crippen molar-refractivity contribution < 1.29 is 37.8 Å². The maximum absolute atomic E-state index is 11.7. The normalized spacial score (nSPS) is 30.0. The van der Waals surface area contributed by atoms with E-state index in [1.807, 2.05) is 39.3 Å². The number of rotatable bonds is 7. The van der Waals surface area contributed by atoms with Crippen LogP contribution in [0.4, 0.5) is 0 Å². The Morgan fingerprint density at radius 2 is 1.38 bits per heavy atom. The molecule has 8 nitrogen and oxygen atoms in total. The summed E-state index contributed by atoms with van der Waals surface area (Å²) >= 11 is 0. The first-order valence-corrected chi connectivity index (χ1v) is 15.5. The zero-order valence-corrected chi connectivity index (χ0v) is 18.9. The van der Waals surface area contributed by atoms with E-state index in [4.69, 9.17) is 23.1 Å². The number of ether oxygens (including phenoxy) is 3. The molecule has 0 aromatic carbocycles. The monoisotopic (exact) mass is 408 g/mol. The summed E-state index contributed by atoms with van der Waals surface area (Å²) in [6.07, 6.45) is -4.55. The third-order valence-corrected chi connectivity index (χ3v) is 5.30. The summed E-state index contributed by atoms with van der Waals surface area (Å²) in [6.45, 7) is 14.3. The second kappa shape index (κ2) is 8.94. The molecule has 1 aliphatic rings. The lowest BCUT2D eigenvalue weighted by molar-refractivity contribution is -0.283. The maximum atomic E-state index is 11.7. The van der Waals surface area contributed by atoms with Crippen LogP contribution in [-0.4, -0.2) is 71.0 Å². The van der Waals surface area contributed by atoms with E-state index in [-0.39, 0.29) is 6.61 Å². The maximum Gasteiger partial charge on any atom is 0.303 e. The van der Waals surface area contributed by atoms with E-state index in [2.05, 4.69) is 0 Å². The van der Waals surface area contributed by atoms with E-state index in [0.717, 1.165) is 0 Å². The van der Waals surface area contributed by atoms with Gasteiger partial charge in [-0.3, -0.25) is 9.59 Å². The van der Waals surface area contributed by atoms with Crippen LogP contribution in [0.15, 0.2) is 0 Å². The predicted molar refractivity (Wildman–Crippen MR) is 99.5 cm³/mol. The molecule has 1 fully saturated rings. The van der Waals surface area contributed by atoms with Gasteiger partial charge in [0.05, 0.1) is 0 Å². The molecule has 10 heteroatoms. The Kier molecular flexibility index (Phi) is 7.99. The summed E-state index contributed by atoms with van der Waals surface area (Å²) in [5.41, 5.74) is 0. The summed E-state index contributed by atoms with van der Waals surface area (Å²) in [5.74, 6) is -0.983. The van der Waals surface area contributed by atoms with Crippen LogP contribution in [0.25, 0.3) is 0 Å². The average molecular weight is 409 g/mol. The Hall–Kier alpha value is -0.786. The van der Waals surface area contributed by atoms with Crippen LogP contribution in [0.3, 0.4) is 0 Å². The Bertz CT molecular complexity index is 499. The molecule has 0 amide bonds. The molecule has 1 rings (SSSR count). The SMILES string of the molecule is CC(=O)OCC1OC(O)C(O[Si](C)(C)C)C(OC(C)=O)C1O[Si](C)(C)C. The molecule has 0 aromatic rings. The average Bonchev–Trinajstić information content (AvgIpc) is 2.40. The van der Waals surface area contributed by atoms with Gasteiger partial charge in [-0.05, 0) is 39.3 Å². The molecule has 0 saturated carbocycles. The Morgan fingerprint density at radius 3 is 1.81 bits per heavy atom. The van der Waals surface area contributed by atoms with Gasteiger partial charge in [-0.25, -0.2) is 0 Å². The lowest BCUT2D eigenvalue weighted by Gasteiger charge is -2.47. The van der Waals surface area contributed by atoms with E-state index in [1.54, 1.807) is 0 Å². The fourth-order valence-electron chi connectivity index (χ4n) is 2.64. The van der Waals surface area contributed by atoms with Gasteiger partial charge in [0.25, 0.3) is 0 Å². The smallest absolute Gasteiger partial charge is 0.303 e. The minimum absolute atomic E-state index is 0.112. The highest BCUT2D eigenvalue weighted by Gasteiger charge is 2.51. The molecule has 0 spiro atoms. The minimum atomic E-state index is -2.09. The highest BCUT2D eigenvalue weighted by molar-refractivity contribution is 6.70. The van der Waals surface area contributed by atoms with Crippen LogP contribution in [-0.2, 0) is 32.7 Å². The number of carbonyl (C=O) groups excluding carboxylic acids is 2. The number of hydrogen-bond acceptors (Lipinski definition) is 8. The van der Waals surface area contributed by atoms with Gasteiger partial charge in [0.15, 0.2) is 29.0 Å². The molecule has 1 saturated heterocycles. The molecule has 5 unspecified atom stereocenters. The lowest BCUT2D eigenvalue weighted by Crippen LogP contribution is -2.64. The molecule has 0 bridgehead atoms. The number of aliphatic hydroxyl groups is 1. The molecule has 1 heterocycles. The third-order valence-electron chi connectivity index (χ3n) is 3.34. The van der Waals surface area contributed by atoms with Gasteiger partial charge in [-0.15, -0.1) is 0 Å². The number of carbonyl (C=O) groups is 2. The van der Waals surface area contributed by atoms with Crippen molar-refractivity contribution in [3.8, 4) is 0 Å². The van der Waals surface area contributed by atoms with Gasteiger partial charge in [0, 0.05) is 13.8 Å². The van der Waals surface area contributed by atoms with Gasteiger partial charge in [0.2, 0.25) is 0 Å². The van der Waals surface area contributed by atoms with Crippen molar-refractivity contribution >= 4 is 28.6 Å². The summed E-state index contributed by atoms with van der Waals surface area (Å²) in [4.78, 5) is 22.9. The highest BCUT2D eigenvalue weighted by atomic mass is 28.4. The van der Waals surface area contributed by atoms with Gasteiger partial charge in [-0.2, -0.15) is 0 Å². The topological polar surface area (TPSA) is 101 Å². The molecule has 1 aliphatic heterocycles. The molecular weight excluding hydrogens is 376 g/mol. The summed E-state index contributed by atoms with van der Waals surface area (Å²) < 4.78 is 28.4. The largest absolute Gasteiger partial charge is 0.463 e. The standard InChI is InChI=1S/C16H32O8Si2/c1-10(17)20-9-12-13(23-25(3,4)5)14(21-11(2)18)15(16(19)22-12)24-26(6,7)8/h12-16,19H,9H2,1-8H3. The Labute approximate surface area is 157 Å². The van der Waals surface area contributed by atoms with Crippen molar-refractivity contribution in [2.24, 2.45) is 0 Å². The second-order valence-electron chi connectivity index (χ2n) is 8.33. The molecule has 0 aromatic heterocycles. The van der Waals surface area contributed by atoms with Crippen molar-refractivity contribution in [3.63, 3.8) is 0 Å². The molecule has 5 atom stereocenters. The van der Waals surface area contributed by atoms with Crippen LogP contribution in [0.5, 0.6) is 0 Å². The van der Waals surface area contributed by atoms with E-state index in [1.165, 1.54) is 13.8 Å². The minimum Gasteiger partial charge on any atom is -0.463 e. The number of hydrogen-bond donors (Lipinski definition) is 1. The third kappa shape index (κ3) is 7.84. The van der Waals surface area contributed by atoms with Crippen LogP contribution < -0.4 is 0 Å². The van der Waals surface area contributed by atoms with Gasteiger partial charge in [-0.1, -0.05) is 0 Å². The van der Waals surface area contributed by atoms with Crippen LogP contribution in [0.2, 0.25) is 39.3 Å². The molecule has 0 radical (unpaired) electrons. The van der Waals surface area contributed by atoms with E-state index in [0.29, 0.717) is 0 Å². The Morgan fingerprint density at radius 1 is 0.885 bits per heavy atom. The first kappa shape index (κ1) is 23.3. The predicted octanol–water partition coefficient (Wildman–Crippen LogP) is 1.64. The Balaban J connectivity index is 3.20. The van der Waals surface area contributed by atoms with Gasteiger partial charge < -0.3 is 28.2 Å². The van der Waals surface area contributed by atoms with Gasteiger partial charge in [0.1, 0.15) is 24.9 Å². The summed E-state index contributed by atoms with van der Waals surface area (Å²) in [5, 5.41) is 10.5. The van der Waals surface area contributed by atoms with E-state index >= 15 is 0 Å². The van der Waals surface area contributed by atoms with Crippen LogP contribution >= 0.6 is 0 Å². The van der Waals surface area contributed by atoms with Crippen molar-refractivity contribution in [1.29, 1.82) is 0 Å². The highest BCUT2D eigenvalue weighted by Crippen LogP contribution is 2.31. The molecule has 152 valence electrons. The molecule has 1 N–H and O–H groups in total. The summed E-state index contributed by atoms with van der Waals surface area (Å²) in [7, 11) is -4.17. The molecular formula is C16H32O8Si2. The molecule has 0 aliphatic carbocycles. The summed E-state index contributed by atoms with van der Waals surface area (Å²) in [6, 6.07) is 0. The fraction of sp³-hybridized carbons (Fsp3) is 0.875.